The molecule has 0 unspecified atom stereocenters. The van der Waals surface area contributed by atoms with E-state index in [1.165, 1.54) is 6.33 Å². The highest BCUT2D eigenvalue weighted by atomic mass is 35.5. The highest BCUT2D eigenvalue weighted by molar-refractivity contribution is 6.33. The lowest BCUT2D eigenvalue weighted by molar-refractivity contribution is 0.0387. The fraction of sp³-hybridized carbons (Fsp3) is 0.385. The van der Waals surface area contributed by atoms with Gasteiger partial charge >= 0.3 is 6.16 Å². The lowest BCUT2D eigenvalue weighted by Gasteiger charge is -2.14. The van der Waals surface area contributed by atoms with Gasteiger partial charge in [0.15, 0.2) is 10.8 Å². The van der Waals surface area contributed by atoms with Crippen molar-refractivity contribution in [2.24, 2.45) is 0 Å². The topological polar surface area (TPSA) is 79.1 Å². The number of halogens is 1. The van der Waals surface area contributed by atoms with Crippen LogP contribution >= 0.6 is 11.6 Å². The Morgan fingerprint density at radius 3 is 3.10 bits per heavy atom. The average Bonchev–Trinajstić information content (AvgIpc) is 3.06. The Hall–Kier alpha value is -2.15. The molecule has 0 fully saturated rings. The van der Waals surface area contributed by atoms with Crippen LogP contribution in [0.25, 0.3) is 11.2 Å². The number of ether oxygens (including phenoxy) is 2. The summed E-state index contributed by atoms with van der Waals surface area (Å²) in [6, 6.07) is 0.000364. The molecular weight excluding hydrogens is 296 g/mol. The van der Waals surface area contributed by atoms with E-state index < -0.39 is 6.16 Å². The summed E-state index contributed by atoms with van der Waals surface area (Å²) in [6.45, 7) is 2.02. The Kier molecular flexibility index (Phi) is 3.74. The number of hydrogen-bond donors (Lipinski definition) is 0. The Morgan fingerprint density at radius 2 is 2.29 bits per heavy atom. The molecular formula is C13H13ClN4O3. The van der Waals surface area contributed by atoms with Crippen LogP contribution in [0.2, 0.25) is 5.15 Å². The monoisotopic (exact) mass is 308 g/mol. The van der Waals surface area contributed by atoms with Crippen molar-refractivity contribution in [3.63, 3.8) is 0 Å². The Bertz CT molecular complexity index is 700. The van der Waals surface area contributed by atoms with Gasteiger partial charge in [0.2, 0.25) is 0 Å². The van der Waals surface area contributed by atoms with E-state index in [1.807, 2.05) is 16.7 Å². The van der Waals surface area contributed by atoms with E-state index in [2.05, 4.69) is 15.0 Å². The first-order valence-corrected chi connectivity index (χ1v) is 6.91. The minimum absolute atomic E-state index is 0.000364. The number of fused-ring (bicyclic) bond motifs is 1. The van der Waals surface area contributed by atoms with Crippen LogP contribution in [0.3, 0.4) is 0 Å². The maximum Gasteiger partial charge on any atom is 0.508 e. The van der Waals surface area contributed by atoms with Crippen molar-refractivity contribution < 1.29 is 14.3 Å². The Balaban J connectivity index is 1.75. The molecule has 110 valence electrons. The van der Waals surface area contributed by atoms with Crippen LogP contribution in [0.5, 0.6) is 0 Å². The molecule has 0 bridgehead atoms. The van der Waals surface area contributed by atoms with Gasteiger partial charge in [-0.1, -0.05) is 17.7 Å². The van der Waals surface area contributed by atoms with E-state index in [0.717, 1.165) is 0 Å². The molecule has 0 radical (unpaired) electrons. The molecule has 2 aromatic heterocycles. The van der Waals surface area contributed by atoms with Crippen molar-refractivity contribution in [1.82, 2.24) is 19.5 Å². The average molecular weight is 309 g/mol. The van der Waals surface area contributed by atoms with E-state index in [-0.39, 0.29) is 12.1 Å². The van der Waals surface area contributed by atoms with Crippen molar-refractivity contribution in [2.75, 3.05) is 6.61 Å². The van der Waals surface area contributed by atoms with Gasteiger partial charge in [-0.15, -0.1) is 0 Å². The van der Waals surface area contributed by atoms with Gasteiger partial charge in [0, 0.05) is 6.42 Å². The van der Waals surface area contributed by atoms with Gasteiger partial charge in [0.1, 0.15) is 17.9 Å². The highest BCUT2D eigenvalue weighted by Gasteiger charge is 2.25. The Morgan fingerprint density at radius 1 is 1.43 bits per heavy atom. The molecule has 21 heavy (non-hydrogen) atoms. The quantitative estimate of drug-likeness (QED) is 0.492. The van der Waals surface area contributed by atoms with Gasteiger partial charge in [0.25, 0.3) is 0 Å². The largest absolute Gasteiger partial charge is 0.508 e. The maximum atomic E-state index is 11.3. The number of aromatic nitrogens is 4. The lowest BCUT2D eigenvalue weighted by Crippen LogP contribution is -2.17. The van der Waals surface area contributed by atoms with Gasteiger partial charge in [0.05, 0.1) is 19.0 Å². The third-order valence-electron chi connectivity index (χ3n) is 3.20. The second kappa shape index (κ2) is 5.69. The van der Waals surface area contributed by atoms with E-state index in [0.29, 0.717) is 29.3 Å². The molecule has 0 N–H and O–H groups in total. The summed E-state index contributed by atoms with van der Waals surface area (Å²) in [5.41, 5.74) is 1.21. The van der Waals surface area contributed by atoms with Crippen LogP contribution in [0.15, 0.2) is 24.8 Å². The van der Waals surface area contributed by atoms with E-state index in [4.69, 9.17) is 21.1 Å². The van der Waals surface area contributed by atoms with Gasteiger partial charge in [-0.3, -0.25) is 0 Å². The summed E-state index contributed by atoms with van der Waals surface area (Å²) in [5, 5.41) is 0.319. The van der Waals surface area contributed by atoms with Crippen LogP contribution in [0.1, 0.15) is 19.4 Å². The predicted octanol–water partition coefficient (Wildman–Crippen LogP) is 2.52. The molecule has 3 rings (SSSR count). The number of allylic oxidation sites excluding steroid dienone is 1. The molecule has 0 aromatic carbocycles. The summed E-state index contributed by atoms with van der Waals surface area (Å²) >= 11 is 5.98. The minimum Gasteiger partial charge on any atom is -0.435 e. The van der Waals surface area contributed by atoms with Gasteiger partial charge in [-0.2, -0.15) is 0 Å². The van der Waals surface area contributed by atoms with Crippen LogP contribution in [0.4, 0.5) is 4.79 Å². The first-order chi connectivity index (χ1) is 10.2. The van der Waals surface area contributed by atoms with E-state index in [1.54, 1.807) is 13.3 Å². The molecule has 2 heterocycles. The third-order valence-corrected chi connectivity index (χ3v) is 3.48. The number of nitrogens with zero attached hydrogens (tertiary/aromatic N) is 4. The van der Waals surface area contributed by atoms with Crippen LogP contribution in [0, 0.1) is 0 Å². The molecule has 8 heteroatoms. The molecule has 7 nitrogen and oxygen atoms in total. The van der Waals surface area contributed by atoms with Crippen molar-refractivity contribution >= 4 is 28.9 Å². The SMILES string of the molecule is CCOC(=O)O[C@@H]1C=C[C@H](n2cnc3c(Cl)ncnc32)C1. The molecule has 2 aromatic rings. The summed E-state index contributed by atoms with van der Waals surface area (Å²) in [6.07, 6.45) is 6.46. The van der Waals surface area contributed by atoms with Gasteiger partial charge in [-0.05, 0) is 13.0 Å². The standard InChI is InChI=1S/C13H13ClN4O3/c1-2-20-13(19)21-9-4-3-8(5-9)18-7-17-10-11(14)15-6-16-12(10)18/h3-4,6-9H,2,5H2,1H3/t8-,9+/m0/s1. The zero-order valence-electron chi connectivity index (χ0n) is 11.3. The molecule has 0 spiro atoms. The molecule has 2 atom stereocenters. The second-order valence-electron chi connectivity index (χ2n) is 4.52. The van der Waals surface area contributed by atoms with E-state index >= 15 is 0 Å². The zero-order chi connectivity index (χ0) is 14.8. The smallest absolute Gasteiger partial charge is 0.435 e. The summed E-state index contributed by atoms with van der Waals surface area (Å²) in [5.74, 6) is 0. The molecule has 0 aliphatic heterocycles. The van der Waals surface area contributed by atoms with Gasteiger partial charge in [-0.25, -0.2) is 19.7 Å². The molecule has 0 saturated carbocycles. The van der Waals surface area contributed by atoms with Crippen molar-refractivity contribution in [3.05, 3.63) is 30.0 Å². The molecule has 1 aliphatic carbocycles. The maximum absolute atomic E-state index is 11.3. The van der Waals surface area contributed by atoms with Crippen molar-refractivity contribution in [1.29, 1.82) is 0 Å². The van der Waals surface area contributed by atoms with Crippen LogP contribution in [-0.4, -0.2) is 38.4 Å². The number of carbonyl (C=O) groups excluding carboxylic acids is 1. The fourth-order valence-corrected chi connectivity index (χ4v) is 2.46. The van der Waals surface area contributed by atoms with Gasteiger partial charge < -0.3 is 14.0 Å². The second-order valence-corrected chi connectivity index (χ2v) is 4.87. The first kappa shape index (κ1) is 13.8. The minimum atomic E-state index is -0.659. The third kappa shape index (κ3) is 2.69. The number of carbonyl (C=O) groups is 1. The summed E-state index contributed by atoms with van der Waals surface area (Å²) in [4.78, 5) is 23.6. The fourth-order valence-electron chi connectivity index (χ4n) is 2.28. The number of imidazole rings is 1. The lowest BCUT2D eigenvalue weighted by atomic mass is 10.2. The normalized spacial score (nSPS) is 20.9. The zero-order valence-corrected chi connectivity index (χ0v) is 12.0. The molecule has 0 saturated heterocycles. The van der Waals surface area contributed by atoms with Crippen molar-refractivity contribution in [2.45, 2.75) is 25.5 Å². The summed E-state index contributed by atoms with van der Waals surface area (Å²) < 4.78 is 11.8. The Labute approximate surface area is 125 Å². The van der Waals surface area contributed by atoms with E-state index in [9.17, 15) is 4.79 Å². The molecule has 0 amide bonds. The van der Waals surface area contributed by atoms with Crippen LogP contribution in [-0.2, 0) is 9.47 Å². The number of rotatable bonds is 3. The first-order valence-electron chi connectivity index (χ1n) is 6.53. The predicted molar refractivity (Wildman–Crippen MR) is 75.0 cm³/mol. The number of hydrogen-bond acceptors (Lipinski definition) is 6. The van der Waals surface area contributed by atoms with Crippen molar-refractivity contribution in [3.8, 4) is 0 Å². The molecule has 1 aliphatic rings. The summed E-state index contributed by atoms with van der Waals surface area (Å²) in [7, 11) is 0. The van der Waals surface area contributed by atoms with Crippen LogP contribution < -0.4 is 0 Å². The highest BCUT2D eigenvalue weighted by Crippen LogP contribution is 2.29.